The van der Waals surface area contributed by atoms with Crippen LogP contribution < -0.4 is 0 Å². The van der Waals surface area contributed by atoms with Crippen molar-refractivity contribution in [2.45, 2.75) is 6.42 Å². The molecule has 0 aliphatic carbocycles. The molecule has 0 spiro atoms. The highest BCUT2D eigenvalue weighted by molar-refractivity contribution is 5.89. The summed E-state index contributed by atoms with van der Waals surface area (Å²) in [5.41, 5.74) is 1.04. The normalized spacial score (nSPS) is 10.4. The second kappa shape index (κ2) is 4.95. The number of halogens is 2. The number of ether oxygens (including phenoxy) is 1. The molecule has 0 bridgehead atoms. The first-order valence-electron chi connectivity index (χ1n) is 5.15. The molecular weight excluding hydrogens is 242 g/mol. The molecule has 2 aromatic rings. The minimum Gasteiger partial charge on any atom is -0.465 e. The number of esters is 1. The molecule has 4 nitrogen and oxygen atoms in total. The molecule has 0 atom stereocenters. The number of hydrogen-bond donors (Lipinski definition) is 1. The number of carbonyl (C=O) groups is 1. The van der Waals surface area contributed by atoms with Gasteiger partial charge in [0.2, 0.25) is 0 Å². The van der Waals surface area contributed by atoms with Crippen LogP contribution in [0.4, 0.5) is 8.78 Å². The van der Waals surface area contributed by atoms with Crippen molar-refractivity contribution in [2.75, 3.05) is 7.11 Å². The van der Waals surface area contributed by atoms with Crippen LogP contribution in [0.5, 0.6) is 0 Å². The molecule has 0 saturated heterocycles. The topological polar surface area (TPSA) is 55.0 Å². The van der Waals surface area contributed by atoms with Gasteiger partial charge in [0.25, 0.3) is 0 Å². The second-order valence-electron chi connectivity index (χ2n) is 3.66. The lowest BCUT2D eigenvalue weighted by Gasteiger charge is -2.00. The molecule has 0 aliphatic heterocycles. The Balaban J connectivity index is 2.18. The van der Waals surface area contributed by atoms with Crippen LogP contribution in [0.1, 0.15) is 21.7 Å². The SMILES string of the molecule is COC(=O)c1c[nH]c(Cc2ncc(F)cc2F)c1. The molecule has 1 N–H and O–H groups in total. The number of aromatic amines is 1. The smallest absolute Gasteiger partial charge is 0.339 e. The van der Waals surface area contributed by atoms with E-state index in [2.05, 4.69) is 14.7 Å². The lowest BCUT2D eigenvalue weighted by atomic mass is 10.2. The Morgan fingerprint density at radius 2 is 2.22 bits per heavy atom. The van der Waals surface area contributed by atoms with E-state index < -0.39 is 17.6 Å². The van der Waals surface area contributed by atoms with Crippen molar-refractivity contribution in [3.8, 4) is 0 Å². The predicted octanol–water partition coefficient (Wildman–Crippen LogP) is 2.07. The quantitative estimate of drug-likeness (QED) is 0.851. The largest absolute Gasteiger partial charge is 0.465 e. The van der Waals surface area contributed by atoms with Crippen LogP contribution >= 0.6 is 0 Å². The van der Waals surface area contributed by atoms with Crippen LogP contribution in [-0.2, 0) is 11.2 Å². The van der Waals surface area contributed by atoms with Crippen LogP contribution in [-0.4, -0.2) is 23.0 Å². The summed E-state index contributed by atoms with van der Waals surface area (Å²) in [6.45, 7) is 0. The number of nitrogens with one attached hydrogen (secondary N) is 1. The average Bonchev–Trinajstić information content (AvgIpc) is 2.80. The van der Waals surface area contributed by atoms with Crippen molar-refractivity contribution in [3.05, 3.63) is 53.1 Å². The molecular formula is C12H10F2N2O2. The van der Waals surface area contributed by atoms with Crippen LogP contribution in [0.15, 0.2) is 24.5 Å². The molecule has 18 heavy (non-hydrogen) atoms. The van der Waals surface area contributed by atoms with Crippen molar-refractivity contribution < 1.29 is 18.3 Å². The molecule has 0 unspecified atom stereocenters. The Kier molecular flexibility index (Phi) is 3.36. The average molecular weight is 252 g/mol. The van der Waals surface area contributed by atoms with Crippen molar-refractivity contribution >= 4 is 5.97 Å². The van der Waals surface area contributed by atoms with E-state index in [1.165, 1.54) is 19.4 Å². The lowest BCUT2D eigenvalue weighted by Crippen LogP contribution is -1.99. The Bertz CT molecular complexity index is 581. The Morgan fingerprint density at radius 1 is 1.44 bits per heavy atom. The molecule has 0 saturated carbocycles. The predicted molar refractivity (Wildman–Crippen MR) is 59.1 cm³/mol. The van der Waals surface area contributed by atoms with Gasteiger partial charge in [-0.3, -0.25) is 4.98 Å². The summed E-state index contributed by atoms with van der Waals surface area (Å²) in [4.78, 5) is 17.7. The van der Waals surface area contributed by atoms with E-state index in [1.807, 2.05) is 0 Å². The highest BCUT2D eigenvalue weighted by atomic mass is 19.1. The molecule has 94 valence electrons. The van der Waals surface area contributed by atoms with Gasteiger partial charge in [-0.05, 0) is 6.07 Å². The third kappa shape index (κ3) is 2.53. The van der Waals surface area contributed by atoms with Crippen LogP contribution in [0.25, 0.3) is 0 Å². The molecule has 0 radical (unpaired) electrons. The number of nitrogens with zero attached hydrogens (tertiary/aromatic N) is 1. The molecule has 6 heteroatoms. The fourth-order valence-corrected chi connectivity index (χ4v) is 1.53. The van der Waals surface area contributed by atoms with Gasteiger partial charge in [0.15, 0.2) is 0 Å². The number of methoxy groups -OCH3 is 1. The molecule has 0 amide bonds. The molecule has 2 heterocycles. The lowest BCUT2D eigenvalue weighted by molar-refractivity contribution is 0.0601. The summed E-state index contributed by atoms with van der Waals surface area (Å²) in [6, 6.07) is 2.31. The van der Waals surface area contributed by atoms with Gasteiger partial charge in [-0.25, -0.2) is 13.6 Å². The van der Waals surface area contributed by atoms with Crippen molar-refractivity contribution in [2.24, 2.45) is 0 Å². The minimum atomic E-state index is -0.724. The van der Waals surface area contributed by atoms with E-state index in [0.29, 0.717) is 11.3 Å². The van der Waals surface area contributed by atoms with Gasteiger partial charge in [0, 0.05) is 24.4 Å². The van der Waals surface area contributed by atoms with Crippen LogP contribution in [0.3, 0.4) is 0 Å². The van der Waals surface area contributed by atoms with Gasteiger partial charge in [-0.1, -0.05) is 0 Å². The zero-order valence-electron chi connectivity index (χ0n) is 9.54. The summed E-state index contributed by atoms with van der Waals surface area (Å²) in [5.74, 6) is -1.92. The van der Waals surface area contributed by atoms with Gasteiger partial charge >= 0.3 is 5.97 Å². The minimum absolute atomic E-state index is 0.106. The van der Waals surface area contributed by atoms with E-state index in [9.17, 15) is 13.6 Å². The molecule has 2 aromatic heterocycles. The fraction of sp³-hybridized carbons (Fsp3) is 0.167. The standard InChI is InChI=1S/C12H10F2N2O2/c1-18-12(17)7-2-9(15-5-7)4-11-10(14)3-8(13)6-16-11/h2-3,5-6,15H,4H2,1H3. The second-order valence-corrected chi connectivity index (χ2v) is 3.66. The zero-order valence-corrected chi connectivity index (χ0v) is 9.54. The van der Waals surface area contributed by atoms with Gasteiger partial charge < -0.3 is 9.72 Å². The Hall–Kier alpha value is -2.24. The number of carbonyl (C=O) groups excluding carboxylic acids is 1. The summed E-state index contributed by atoms with van der Waals surface area (Å²) >= 11 is 0. The maximum Gasteiger partial charge on any atom is 0.339 e. The van der Waals surface area contributed by atoms with Crippen molar-refractivity contribution in [1.29, 1.82) is 0 Å². The maximum absolute atomic E-state index is 13.4. The Labute approximate surface area is 102 Å². The monoisotopic (exact) mass is 252 g/mol. The van der Waals surface area contributed by atoms with Gasteiger partial charge in [0.05, 0.1) is 24.6 Å². The third-order valence-electron chi connectivity index (χ3n) is 2.41. The van der Waals surface area contributed by atoms with E-state index in [-0.39, 0.29) is 12.1 Å². The third-order valence-corrected chi connectivity index (χ3v) is 2.41. The Morgan fingerprint density at radius 3 is 2.89 bits per heavy atom. The zero-order chi connectivity index (χ0) is 13.1. The van der Waals surface area contributed by atoms with Gasteiger partial charge in [-0.2, -0.15) is 0 Å². The summed E-state index contributed by atoms with van der Waals surface area (Å²) < 4.78 is 30.6. The highest BCUT2D eigenvalue weighted by Gasteiger charge is 2.11. The van der Waals surface area contributed by atoms with Crippen LogP contribution in [0.2, 0.25) is 0 Å². The number of rotatable bonds is 3. The number of aromatic nitrogens is 2. The molecule has 0 fully saturated rings. The van der Waals surface area contributed by atoms with Crippen molar-refractivity contribution in [3.63, 3.8) is 0 Å². The first-order valence-corrected chi connectivity index (χ1v) is 5.15. The fourth-order valence-electron chi connectivity index (χ4n) is 1.53. The van der Waals surface area contributed by atoms with E-state index >= 15 is 0 Å². The first-order chi connectivity index (χ1) is 8.60. The molecule has 2 rings (SSSR count). The van der Waals surface area contributed by atoms with Crippen molar-refractivity contribution in [1.82, 2.24) is 9.97 Å². The van der Waals surface area contributed by atoms with Gasteiger partial charge in [-0.15, -0.1) is 0 Å². The molecule has 0 aromatic carbocycles. The van der Waals surface area contributed by atoms with Crippen LogP contribution in [0, 0.1) is 11.6 Å². The number of hydrogen-bond acceptors (Lipinski definition) is 3. The van der Waals surface area contributed by atoms with E-state index in [1.54, 1.807) is 0 Å². The van der Waals surface area contributed by atoms with Gasteiger partial charge in [0.1, 0.15) is 11.6 Å². The highest BCUT2D eigenvalue weighted by Crippen LogP contribution is 2.13. The maximum atomic E-state index is 13.4. The summed E-state index contributed by atoms with van der Waals surface area (Å²) in [5, 5.41) is 0. The number of pyridine rings is 1. The number of H-pyrrole nitrogens is 1. The summed E-state index contributed by atoms with van der Waals surface area (Å²) in [7, 11) is 1.27. The van der Waals surface area contributed by atoms with E-state index in [0.717, 1.165) is 12.3 Å². The first kappa shape index (κ1) is 12.2. The summed E-state index contributed by atoms with van der Waals surface area (Å²) in [6.07, 6.45) is 2.55. The van der Waals surface area contributed by atoms with E-state index in [4.69, 9.17) is 0 Å². The molecule has 0 aliphatic rings.